The van der Waals surface area contributed by atoms with E-state index in [2.05, 4.69) is 0 Å². The minimum Gasteiger partial charge on any atom is -0.339 e. The fraction of sp³-hybridized carbons (Fsp3) is 0.533. The van der Waals surface area contributed by atoms with Gasteiger partial charge in [-0.15, -0.1) is 12.4 Å². The van der Waals surface area contributed by atoms with Crippen LogP contribution in [0.15, 0.2) is 24.3 Å². The van der Waals surface area contributed by atoms with E-state index in [1.54, 1.807) is 12.1 Å². The molecule has 1 heterocycles. The Labute approximate surface area is 125 Å². The Hall–Kier alpha value is -1.13. The van der Waals surface area contributed by atoms with Crippen LogP contribution < -0.4 is 5.73 Å². The van der Waals surface area contributed by atoms with Gasteiger partial charge in [0.2, 0.25) is 5.91 Å². The smallest absolute Gasteiger partial charge is 0.227 e. The highest BCUT2D eigenvalue weighted by molar-refractivity contribution is 5.85. The van der Waals surface area contributed by atoms with Gasteiger partial charge in [-0.3, -0.25) is 4.79 Å². The number of halogens is 2. The molecule has 5 heteroatoms. The maximum atomic E-state index is 12.8. The Morgan fingerprint density at radius 2 is 2.00 bits per heavy atom. The first-order valence-corrected chi connectivity index (χ1v) is 6.94. The Bertz CT molecular complexity index is 422. The number of nitrogens with two attached hydrogens (primary N) is 1. The molecule has 1 fully saturated rings. The van der Waals surface area contributed by atoms with Crippen LogP contribution in [0.3, 0.4) is 0 Å². The van der Waals surface area contributed by atoms with Crippen LogP contribution in [0.25, 0.3) is 0 Å². The third-order valence-corrected chi connectivity index (χ3v) is 3.72. The van der Waals surface area contributed by atoms with Crippen molar-refractivity contribution in [2.45, 2.75) is 38.1 Å². The fourth-order valence-electron chi connectivity index (χ4n) is 2.70. The normalized spacial score (nSPS) is 18.5. The second-order valence-corrected chi connectivity index (χ2v) is 5.12. The Morgan fingerprint density at radius 3 is 2.65 bits per heavy atom. The number of piperidine rings is 1. The Morgan fingerprint density at radius 1 is 1.30 bits per heavy atom. The zero-order valence-electron chi connectivity index (χ0n) is 11.6. The van der Waals surface area contributed by atoms with Gasteiger partial charge < -0.3 is 10.6 Å². The summed E-state index contributed by atoms with van der Waals surface area (Å²) in [5.41, 5.74) is 6.48. The molecule has 0 aromatic heterocycles. The van der Waals surface area contributed by atoms with Crippen LogP contribution in [0.5, 0.6) is 0 Å². The SMILES string of the molecule is Cl.NCCC1CCCCN1C(=O)Cc1ccc(F)cc1. The molecule has 1 aliphatic heterocycles. The predicted molar refractivity (Wildman–Crippen MR) is 80.4 cm³/mol. The van der Waals surface area contributed by atoms with Crippen LogP contribution in [0.2, 0.25) is 0 Å². The van der Waals surface area contributed by atoms with Crippen LogP contribution in [0.4, 0.5) is 4.39 Å². The van der Waals surface area contributed by atoms with Crippen molar-refractivity contribution in [1.82, 2.24) is 4.90 Å². The molecule has 1 aliphatic rings. The lowest BCUT2D eigenvalue weighted by molar-refractivity contribution is -0.134. The van der Waals surface area contributed by atoms with Gasteiger partial charge in [-0.25, -0.2) is 4.39 Å². The van der Waals surface area contributed by atoms with E-state index < -0.39 is 0 Å². The number of amides is 1. The summed E-state index contributed by atoms with van der Waals surface area (Å²) < 4.78 is 12.8. The molecular weight excluding hydrogens is 279 g/mol. The van der Waals surface area contributed by atoms with E-state index in [0.717, 1.165) is 31.4 Å². The summed E-state index contributed by atoms with van der Waals surface area (Å²) in [5.74, 6) is -0.139. The highest BCUT2D eigenvalue weighted by atomic mass is 35.5. The zero-order chi connectivity index (χ0) is 13.7. The van der Waals surface area contributed by atoms with E-state index in [4.69, 9.17) is 5.73 Å². The molecule has 0 spiro atoms. The van der Waals surface area contributed by atoms with E-state index in [0.29, 0.717) is 13.0 Å². The highest BCUT2D eigenvalue weighted by Gasteiger charge is 2.25. The maximum Gasteiger partial charge on any atom is 0.227 e. The highest BCUT2D eigenvalue weighted by Crippen LogP contribution is 2.20. The van der Waals surface area contributed by atoms with Crippen LogP contribution in [-0.2, 0) is 11.2 Å². The topological polar surface area (TPSA) is 46.3 Å². The Balaban J connectivity index is 0.00000200. The van der Waals surface area contributed by atoms with E-state index in [-0.39, 0.29) is 30.2 Å². The number of nitrogens with zero attached hydrogens (tertiary/aromatic N) is 1. The van der Waals surface area contributed by atoms with Gasteiger partial charge in [-0.05, 0) is 49.9 Å². The third-order valence-electron chi connectivity index (χ3n) is 3.72. The number of rotatable bonds is 4. The number of benzene rings is 1. The first-order chi connectivity index (χ1) is 9.20. The molecule has 1 aromatic rings. The lowest BCUT2D eigenvalue weighted by atomic mass is 9.98. The zero-order valence-corrected chi connectivity index (χ0v) is 12.4. The lowest BCUT2D eigenvalue weighted by Gasteiger charge is -2.35. The van der Waals surface area contributed by atoms with Crippen molar-refractivity contribution in [3.8, 4) is 0 Å². The summed E-state index contributed by atoms with van der Waals surface area (Å²) in [6.45, 7) is 1.44. The quantitative estimate of drug-likeness (QED) is 0.929. The van der Waals surface area contributed by atoms with Crippen molar-refractivity contribution < 1.29 is 9.18 Å². The van der Waals surface area contributed by atoms with E-state index >= 15 is 0 Å². The number of hydrogen-bond donors (Lipinski definition) is 1. The molecule has 0 radical (unpaired) electrons. The number of carbonyl (C=O) groups is 1. The van der Waals surface area contributed by atoms with Gasteiger partial charge in [-0.2, -0.15) is 0 Å². The molecular formula is C15H22ClFN2O. The van der Waals surface area contributed by atoms with Crippen LogP contribution >= 0.6 is 12.4 Å². The molecule has 3 nitrogen and oxygen atoms in total. The van der Waals surface area contributed by atoms with Gasteiger partial charge in [0.05, 0.1) is 6.42 Å². The second-order valence-electron chi connectivity index (χ2n) is 5.12. The summed E-state index contributed by atoms with van der Waals surface area (Å²) in [6.07, 6.45) is 4.50. The maximum absolute atomic E-state index is 12.8. The predicted octanol–water partition coefficient (Wildman–Crippen LogP) is 2.52. The first-order valence-electron chi connectivity index (χ1n) is 6.94. The van der Waals surface area contributed by atoms with Crippen molar-refractivity contribution in [2.75, 3.05) is 13.1 Å². The first kappa shape index (κ1) is 16.9. The van der Waals surface area contributed by atoms with Crippen molar-refractivity contribution in [1.29, 1.82) is 0 Å². The Kier molecular flexibility index (Phi) is 6.96. The molecule has 0 saturated carbocycles. The number of carbonyl (C=O) groups excluding carboxylic acids is 1. The van der Waals surface area contributed by atoms with Crippen LogP contribution in [0.1, 0.15) is 31.2 Å². The fourth-order valence-corrected chi connectivity index (χ4v) is 2.70. The molecule has 1 unspecified atom stereocenters. The van der Waals surface area contributed by atoms with Crippen molar-refractivity contribution in [3.63, 3.8) is 0 Å². The number of likely N-dealkylation sites (tertiary alicyclic amines) is 1. The van der Waals surface area contributed by atoms with Gasteiger partial charge in [0.1, 0.15) is 5.82 Å². The van der Waals surface area contributed by atoms with Gasteiger partial charge in [0.25, 0.3) is 0 Å². The largest absolute Gasteiger partial charge is 0.339 e. The van der Waals surface area contributed by atoms with E-state index in [1.165, 1.54) is 18.6 Å². The van der Waals surface area contributed by atoms with Gasteiger partial charge in [0.15, 0.2) is 0 Å². The standard InChI is InChI=1S/C15H21FN2O.ClH/c16-13-6-4-12(5-7-13)11-15(19)18-10-2-1-3-14(18)8-9-17;/h4-7,14H,1-3,8-11,17H2;1H. The van der Waals surface area contributed by atoms with E-state index in [9.17, 15) is 9.18 Å². The summed E-state index contributed by atoms with van der Waals surface area (Å²) in [5, 5.41) is 0. The van der Waals surface area contributed by atoms with Crippen molar-refractivity contribution >= 4 is 18.3 Å². The average Bonchev–Trinajstić information content (AvgIpc) is 2.42. The molecule has 2 rings (SSSR count). The average molecular weight is 301 g/mol. The molecule has 0 aliphatic carbocycles. The summed E-state index contributed by atoms with van der Waals surface area (Å²) in [4.78, 5) is 14.3. The minimum absolute atomic E-state index is 0. The summed E-state index contributed by atoms with van der Waals surface area (Å²) >= 11 is 0. The van der Waals surface area contributed by atoms with Crippen molar-refractivity contribution in [2.24, 2.45) is 5.73 Å². The molecule has 20 heavy (non-hydrogen) atoms. The molecule has 1 aromatic carbocycles. The summed E-state index contributed by atoms with van der Waals surface area (Å²) in [6, 6.07) is 6.43. The van der Waals surface area contributed by atoms with Crippen molar-refractivity contribution in [3.05, 3.63) is 35.6 Å². The van der Waals surface area contributed by atoms with Crippen LogP contribution in [-0.4, -0.2) is 29.9 Å². The molecule has 112 valence electrons. The van der Waals surface area contributed by atoms with E-state index in [1.807, 2.05) is 4.90 Å². The lowest BCUT2D eigenvalue weighted by Crippen LogP contribution is -2.45. The molecule has 2 N–H and O–H groups in total. The molecule has 0 bridgehead atoms. The second kappa shape index (κ2) is 8.22. The molecule has 1 amide bonds. The van der Waals surface area contributed by atoms with Crippen LogP contribution in [0, 0.1) is 5.82 Å². The van der Waals surface area contributed by atoms with Gasteiger partial charge >= 0.3 is 0 Å². The molecule has 1 atom stereocenters. The van der Waals surface area contributed by atoms with Gasteiger partial charge in [-0.1, -0.05) is 12.1 Å². The summed E-state index contributed by atoms with van der Waals surface area (Å²) in [7, 11) is 0. The third kappa shape index (κ3) is 4.46. The van der Waals surface area contributed by atoms with Gasteiger partial charge in [0, 0.05) is 12.6 Å². The minimum atomic E-state index is -0.268. The molecule has 1 saturated heterocycles. The monoisotopic (exact) mass is 300 g/mol. The number of hydrogen-bond acceptors (Lipinski definition) is 2.